The molecule has 0 heterocycles. The number of rotatable bonds is 0. The molecule has 3 heteroatoms. The van der Waals surface area contributed by atoms with E-state index in [1.165, 1.54) is 0 Å². The first-order valence-corrected chi connectivity index (χ1v) is 22.2. The number of halogens is 1. The van der Waals surface area contributed by atoms with Gasteiger partial charge in [0.05, 0.1) is 0 Å². The Morgan fingerprint density at radius 1 is 1.08 bits per heavy atom. The molecule has 0 amide bonds. The summed E-state index contributed by atoms with van der Waals surface area (Å²) in [4.78, 5) is 0. The summed E-state index contributed by atoms with van der Waals surface area (Å²) in [6, 6.07) is 0. The summed E-state index contributed by atoms with van der Waals surface area (Å²) in [5, 5.41) is 0. The van der Waals surface area contributed by atoms with Gasteiger partial charge >= 0.3 is 104 Å². The second-order valence-corrected chi connectivity index (χ2v) is 32.1. The van der Waals surface area contributed by atoms with E-state index in [-0.39, 0.29) is 11.8 Å². The van der Waals surface area contributed by atoms with Gasteiger partial charge in [-0.2, -0.15) is 0 Å². The third-order valence-electron chi connectivity index (χ3n) is 3.43. The molecule has 0 bridgehead atoms. The van der Waals surface area contributed by atoms with Crippen LogP contribution in [0.4, 0.5) is 0 Å². The summed E-state index contributed by atoms with van der Waals surface area (Å²) in [7, 11) is 0. The zero-order valence-electron chi connectivity index (χ0n) is 8.79. The Kier molecular flexibility index (Phi) is 4.36. The Morgan fingerprint density at radius 3 is 1.77 bits per heavy atom. The first-order chi connectivity index (χ1) is 5.95. The first-order valence-electron chi connectivity index (χ1n) is 4.36. The Bertz CT molecular complexity index is 344. The number of hydrogen-bond donors (Lipinski definition) is 0. The van der Waals surface area contributed by atoms with Crippen LogP contribution in [0.25, 0.3) is 0 Å². The van der Waals surface area contributed by atoms with Gasteiger partial charge in [-0.05, 0) is 0 Å². The topological polar surface area (TPSA) is 0 Å². The average molecular weight is 519 g/mol. The summed E-state index contributed by atoms with van der Waals surface area (Å²) >= 11 is 3.03. The molecule has 0 atom stereocenters. The van der Waals surface area contributed by atoms with Crippen molar-refractivity contribution in [2.24, 2.45) is 0 Å². The van der Waals surface area contributed by atoms with E-state index in [2.05, 4.69) is 54.0 Å². The molecule has 0 aromatic heterocycles. The third-order valence-corrected chi connectivity index (χ3v) is 24.4. The molecule has 1 aliphatic rings. The van der Waals surface area contributed by atoms with Crippen LogP contribution in [0, 0.1) is 0 Å². The Labute approximate surface area is 103 Å². The molecule has 72 valence electrons. The van der Waals surface area contributed by atoms with E-state index in [0.717, 1.165) is 0 Å². The summed E-state index contributed by atoms with van der Waals surface area (Å²) in [6.07, 6.45) is 0. The van der Waals surface area contributed by atoms with E-state index in [0.29, 0.717) is 16.2 Å². The van der Waals surface area contributed by atoms with Crippen molar-refractivity contribution >= 4 is 31.3 Å². The van der Waals surface area contributed by atoms with Gasteiger partial charge < -0.3 is 0 Å². The molecule has 0 N–H and O–H groups in total. The van der Waals surface area contributed by atoms with Crippen molar-refractivity contribution < 1.29 is 11.8 Å². The van der Waals surface area contributed by atoms with Crippen LogP contribution in [0.2, 0.25) is 4.25 Å². The van der Waals surface area contributed by atoms with Crippen molar-refractivity contribution in [3.8, 4) is 0 Å². The molecule has 0 fully saturated rings. The summed E-state index contributed by atoms with van der Waals surface area (Å²) in [5.74, 6) is 0. The quantitative estimate of drug-likeness (QED) is 0.337. The average Bonchev–Trinajstić information content (AvgIpc) is 2.23. The van der Waals surface area contributed by atoms with Crippen LogP contribution >= 0.6 is 19.4 Å². The van der Waals surface area contributed by atoms with Crippen molar-refractivity contribution in [3.63, 3.8) is 0 Å². The molecule has 0 nitrogen and oxygen atoms in total. The monoisotopic (exact) mass is 520 g/mol. The van der Waals surface area contributed by atoms with Gasteiger partial charge in [-0.25, -0.2) is 0 Å². The fourth-order valence-corrected chi connectivity index (χ4v) is 30.9. The van der Waals surface area contributed by atoms with Crippen molar-refractivity contribution in [2.45, 2.75) is 38.9 Å². The molecule has 1 aliphatic carbocycles. The predicted molar refractivity (Wildman–Crippen MR) is 64.9 cm³/mol. The van der Waals surface area contributed by atoms with E-state index in [1.807, 2.05) is 0 Å². The van der Waals surface area contributed by atoms with E-state index in [1.54, 1.807) is 22.3 Å². The maximum absolute atomic E-state index is 2.70. The van der Waals surface area contributed by atoms with E-state index < -0.39 is 0 Å². The van der Waals surface area contributed by atoms with Crippen LogP contribution in [0.15, 0.2) is 22.3 Å². The molecule has 13 heavy (non-hydrogen) atoms. The molecule has 0 unspecified atom stereocenters. The van der Waals surface area contributed by atoms with E-state index >= 15 is 0 Å². The van der Waals surface area contributed by atoms with Gasteiger partial charge in [0.25, 0.3) is 0 Å². The molecule has 0 radical (unpaired) electrons. The van der Waals surface area contributed by atoms with Crippen LogP contribution in [-0.4, -0.2) is 11.9 Å². The van der Waals surface area contributed by atoms with E-state index in [4.69, 9.17) is 0 Å². The zero-order valence-corrected chi connectivity index (χ0v) is 16.0. The summed E-state index contributed by atoms with van der Waals surface area (Å²) < 4.78 is 0.556. The van der Waals surface area contributed by atoms with Gasteiger partial charge in [0.15, 0.2) is 0 Å². The van der Waals surface area contributed by atoms with Crippen LogP contribution in [0.1, 0.15) is 34.6 Å². The molecule has 1 rings (SSSR count). The molecular formula is C10H15GeIW. The van der Waals surface area contributed by atoms with Crippen molar-refractivity contribution in [3.05, 3.63) is 22.3 Å². The fraction of sp³-hybridized carbons (Fsp3) is 0.600. The van der Waals surface area contributed by atoms with Gasteiger partial charge in [0, 0.05) is 0 Å². The minimum atomic E-state index is 0.0218. The third kappa shape index (κ3) is 2.03. The molecule has 0 saturated carbocycles. The molecular weight excluding hydrogens is 503 g/mol. The predicted octanol–water partition coefficient (Wildman–Crippen LogP) is 3.90. The van der Waals surface area contributed by atoms with Gasteiger partial charge in [-0.1, -0.05) is 0 Å². The Morgan fingerprint density at radius 2 is 1.46 bits per heavy atom. The summed E-state index contributed by atoms with van der Waals surface area (Å²) in [6.45, 7) is 11.8. The second-order valence-electron chi connectivity index (χ2n) is 3.80. The van der Waals surface area contributed by atoms with Crippen LogP contribution in [0.3, 0.4) is 0 Å². The first kappa shape index (κ1) is 12.5. The SMILES string of the molecule is CC1=C(C)[C](C)([Ge]#[W][I])C(C)=C1C. The van der Waals surface area contributed by atoms with Gasteiger partial charge in [0.2, 0.25) is 0 Å². The van der Waals surface area contributed by atoms with Gasteiger partial charge in [-0.15, -0.1) is 0 Å². The molecule has 0 aromatic rings. The van der Waals surface area contributed by atoms with E-state index in [9.17, 15) is 0 Å². The Hall–Kier alpha value is 1.44. The minimum absolute atomic E-state index is 0.0218. The van der Waals surface area contributed by atoms with Crippen molar-refractivity contribution in [1.82, 2.24) is 0 Å². The fourth-order valence-electron chi connectivity index (χ4n) is 1.82. The Balaban J connectivity index is 3.36. The molecule has 0 spiro atoms. The second kappa shape index (κ2) is 4.53. The van der Waals surface area contributed by atoms with Gasteiger partial charge in [0.1, 0.15) is 0 Å². The standard InChI is InChI=1S/C10H15Ge.HI.W/c1-6-7(2)9(4)10(5,11)8(6)3;;/h1-5H3;1H;/q;;+1/p-1. The zero-order chi connectivity index (χ0) is 10.2. The molecule has 0 saturated heterocycles. The van der Waals surface area contributed by atoms with Crippen LogP contribution in [-0.2, 0) is 11.8 Å². The number of hydrogen-bond acceptors (Lipinski definition) is 0. The molecule has 0 aromatic carbocycles. The van der Waals surface area contributed by atoms with Crippen LogP contribution in [0.5, 0.6) is 0 Å². The number of allylic oxidation sites excluding steroid dienone is 4. The molecule has 0 aliphatic heterocycles. The maximum atomic E-state index is 2.70. The van der Waals surface area contributed by atoms with Crippen LogP contribution < -0.4 is 0 Å². The van der Waals surface area contributed by atoms with Crippen molar-refractivity contribution in [1.29, 1.82) is 0 Å². The normalized spacial score (nSPS) is 20.8. The van der Waals surface area contributed by atoms with Crippen molar-refractivity contribution in [2.75, 3.05) is 0 Å². The van der Waals surface area contributed by atoms with Gasteiger partial charge in [-0.3, -0.25) is 0 Å². The summed E-state index contributed by atoms with van der Waals surface area (Å²) in [5.41, 5.74) is 6.51.